The van der Waals surface area contributed by atoms with Crippen molar-refractivity contribution in [2.45, 2.75) is 43.9 Å². The molecule has 0 spiro atoms. The van der Waals surface area contributed by atoms with E-state index in [9.17, 15) is 0 Å². The standard InChI is InChI=1S/C19H22/c1-19(18-10-6-3-7-11-18)14-12-17(13-15-19)16-8-4-2-5-9-16/h2-11,17H,12-15H2,1H3. The first-order chi connectivity index (χ1) is 9.28. The lowest BCUT2D eigenvalue weighted by molar-refractivity contribution is 0.292. The Morgan fingerprint density at radius 3 is 1.89 bits per heavy atom. The van der Waals surface area contributed by atoms with Crippen LogP contribution >= 0.6 is 0 Å². The van der Waals surface area contributed by atoms with Gasteiger partial charge in [-0.1, -0.05) is 67.6 Å². The summed E-state index contributed by atoms with van der Waals surface area (Å²) in [4.78, 5) is 0. The van der Waals surface area contributed by atoms with E-state index < -0.39 is 0 Å². The van der Waals surface area contributed by atoms with Crippen molar-refractivity contribution in [3.63, 3.8) is 0 Å². The molecule has 19 heavy (non-hydrogen) atoms. The molecule has 0 saturated heterocycles. The van der Waals surface area contributed by atoms with Gasteiger partial charge in [0.2, 0.25) is 0 Å². The van der Waals surface area contributed by atoms with Crippen LogP contribution in [0.15, 0.2) is 60.7 Å². The van der Waals surface area contributed by atoms with E-state index in [4.69, 9.17) is 0 Å². The molecule has 1 fully saturated rings. The molecule has 3 rings (SSSR count). The number of rotatable bonds is 2. The van der Waals surface area contributed by atoms with Crippen molar-refractivity contribution in [1.82, 2.24) is 0 Å². The molecule has 0 aromatic heterocycles. The Morgan fingerprint density at radius 2 is 1.32 bits per heavy atom. The normalized spacial score (nSPS) is 27.1. The van der Waals surface area contributed by atoms with Gasteiger partial charge in [0.1, 0.15) is 0 Å². The molecule has 0 heterocycles. The van der Waals surface area contributed by atoms with Gasteiger partial charge in [0.05, 0.1) is 0 Å². The third-order valence-electron chi connectivity index (χ3n) is 4.83. The highest BCUT2D eigenvalue weighted by atomic mass is 14.4. The fourth-order valence-electron chi connectivity index (χ4n) is 3.44. The minimum Gasteiger partial charge on any atom is -0.0622 e. The fraction of sp³-hybridized carbons (Fsp3) is 0.368. The van der Waals surface area contributed by atoms with Crippen LogP contribution in [0.25, 0.3) is 0 Å². The average Bonchev–Trinajstić information content (AvgIpc) is 2.50. The lowest BCUT2D eigenvalue weighted by atomic mass is 9.67. The zero-order valence-corrected chi connectivity index (χ0v) is 11.7. The predicted molar refractivity (Wildman–Crippen MR) is 81.4 cm³/mol. The maximum atomic E-state index is 2.43. The van der Waals surface area contributed by atoms with Crippen LogP contribution in [-0.4, -0.2) is 0 Å². The van der Waals surface area contributed by atoms with Crippen LogP contribution in [0.1, 0.15) is 49.7 Å². The van der Waals surface area contributed by atoms with Gasteiger partial charge in [0.25, 0.3) is 0 Å². The maximum Gasteiger partial charge on any atom is -0.00748 e. The van der Waals surface area contributed by atoms with Crippen molar-refractivity contribution in [1.29, 1.82) is 0 Å². The molecule has 0 atom stereocenters. The maximum absolute atomic E-state index is 2.43. The first-order valence-corrected chi connectivity index (χ1v) is 7.38. The molecule has 0 aliphatic heterocycles. The van der Waals surface area contributed by atoms with Crippen LogP contribution in [0, 0.1) is 0 Å². The van der Waals surface area contributed by atoms with E-state index in [-0.39, 0.29) is 0 Å². The van der Waals surface area contributed by atoms with Gasteiger partial charge in [0, 0.05) is 0 Å². The van der Waals surface area contributed by atoms with Crippen LogP contribution < -0.4 is 0 Å². The second kappa shape index (κ2) is 5.21. The third kappa shape index (κ3) is 2.58. The van der Waals surface area contributed by atoms with Gasteiger partial charge in [-0.05, 0) is 48.1 Å². The summed E-state index contributed by atoms with van der Waals surface area (Å²) in [5, 5.41) is 0. The summed E-state index contributed by atoms with van der Waals surface area (Å²) < 4.78 is 0. The van der Waals surface area contributed by atoms with E-state index in [2.05, 4.69) is 67.6 Å². The number of hydrogen-bond acceptors (Lipinski definition) is 0. The van der Waals surface area contributed by atoms with Crippen molar-refractivity contribution in [3.05, 3.63) is 71.8 Å². The molecule has 2 aromatic carbocycles. The summed E-state index contributed by atoms with van der Waals surface area (Å²) in [7, 11) is 0. The number of benzene rings is 2. The molecular formula is C19H22. The lowest BCUT2D eigenvalue weighted by Gasteiger charge is -2.38. The van der Waals surface area contributed by atoms with Crippen LogP contribution in [0.3, 0.4) is 0 Å². The van der Waals surface area contributed by atoms with Crippen molar-refractivity contribution in [3.8, 4) is 0 Å². The van der Waals surface area contributed by atoms with E-state index in [1.54, 1.807) is 0 Å². The van der Waals surface area contributed by atoms with Gasteiger partial charge in [0.15, 0.2) is 0 Å². The monoisotopic (exact) mass is 250 g/mol. The van der Waals surface area contributed by atoms with Gasteiger partial charge < -0.3 is 0 Å². The largest absolute Gasteiger partial charge is 0.0622 e. The molecule has 0 nitrogen and oxygen atoms in total. The van der Waals surface area contributed by atoms with Crippen molar-refractivity contribution >= 4 is 0 Å². The average molecular weight is 250 g/mol. The highest BCUT2D eigenvalue weighted by Gasteiger charge is 2.32. The van der Waals surface area contributed by atoms with Gasteiger partial charge in [-0.25, -0.2) is 0 Å². The molecule has 98 valence electrons. The fourth-order valence-corrected chi connectivity index (χ4v) is 3.44. The first-order valence-electron chi connectivity index (χ1n) is 7.38. The van der Waals surface area contributed by atoms with Crippen molar-refractivity contribution in [2.75, 3.05) is 0 Å². The molecule has 0 amide bonds. The Morgan fingerprint density at radius 1 is 0.789 bits per heavy atom. The lowest BCUT2D eigenvalue weighted by Crippen LogP contribution is -2.27. The van der Waals surface area contributed by atoms with Gasteiger partial charge >= 0.3 is 0 Å². The minimum atomic E-state index is 0.381. The van der Waals surface area contributed by atoms with Crippen LogP contribution in [0.2, 0.25) is 0 Å². The summed E-state index contributed by atoms with van der Waals surface area (Å²) >= 11 is 0. The second-order valence-corrected chi connectivity index (χ2v) is 6.11. The Bertz CT molecular complexity index is 504. The Hall–Kier alpha value is -1.56. The van der Waals surface area contributed by atoms with E-state index in [0.717, 1.165) is 5.92 Å². The summed E-state index contributed by atoms with van der Waals surface area (Å²) in [6.45, 7) is 2.43. The van der Waals surface area contributed by atoms with Crippen molar-refractivity contribution < 1.29 is 0 Å². The zero-order valence-electron chi connectivity index (χ0n) is 11.7. The molecule has 2 aromatic rings. The molecule has 1 aliphatic rings. The topological polar surface area (TPSA) is 0 Å². The highest BCUT2D eigenvalue weighted by molar-refractivity contribution is 5.27. The minimum absolute atomic E-state index is 0.381. The summed E-state index contributed by atoms with van der Waals surface area (Å²) in [6.07, 6.45) is 5.23. The van der Waals surface area contributed by atoms with Crippen LogP contribution in [-0.2, 0) is 5.41 Å². The molecule has 0 heteroatoms. The summed E-state index contributed by atoms with van der Waals surface area (Å²) in [5.41, 5.74) is 3.42. The Labute approximate surface area is 116 Å². The zero-order chi connectivity index (χ0) is 13.1. The summed E-state index contributed by atoms with van der Waals surface area (Å²) in [6, 6.07) is 22.1. The molecule has 0 bridgehead atoms. The molecule has 0 radical (unpaired) electrons. The molecule has 0 N–H and O–H groups in total. The SMILES string of the molecule is CC1(c2ccccc2)CCC(c2ccccc2)CC1. The van der Waals surface area contributed by atoms with E-state index >= 15 is 0 Å². The van der Waals surface area contributed by atoms with E-state index in [0.29, 0.717) is 5.41 Å². The third-order valence-corrected chi connectivity index (χ3v) is 4.83. The molecule has 1 aliphatic carbocycles. The second-order valence-electron chi connectivity index (χ2n) is 6.11. The van der Waals surface area contributed by atoms with E-state index in [1.807, 2.05) is 0 Å². The van der Waals surface area contributed by atoms with Gasteiger partial charge in [-0.3, -0.25) is 0 Å². The highest BCUT2D eigenvalue weighted by Crippen LogP contribution is 2.44. The predicted octanol–water partition coefficient (Wildman–Crippen LogP) is 5.30. The molecular weight excluding hydrogens is 228 g/mol. The van der Waals surface area contributed by atoms with E-state index in [1.165, 1.54) is 36.8 Å². The number of hydrogen-bond donors (Lipinski definition) is 0. The van der Waals surface area contributed by atoms with Gasteiger partial charge in [-0.15, -0.1) is 0 Å². The Kier molecular flexibility index (Phi) is 3.42. The van der Waals surface area contributed by atoms with Crippen LogP contribution in [0.4, 0.5) is 0 Å². The molecule has 0 unspecified atom stereocenters. The van der Waals surface area contributed by atoms with Crippen LogP contribution in [0.5, 0.6) is 0 Å². The Balaban J connectivity index is 1.73. The molecule has 1 saturated carbocycles. The smallest absolute Gasteiger partial charge is 0.00748 e. The summed E-state index contributed by atoms with van der Waals surface area (Å²) in [5.74, 6) is 0.762. The van der Waals surface area contributed by atoms with Gasteiger partial charge in [-0.2, -0.15) is 0 Å². The first kappa shape index (κ1) is 12.5. The van der Waals surface area contributed by atoms with Crippen molar-refractivity contribution in [2.24, 2.45) is 0 Å². The quantitative estimate of drug-likeness (QED) is 0.678.